The minimum Gasteiger partial charge on any atom is -0.468 e. The molecule has 1 aliphatic heterocycles. The topological polar surface area (TPSA) is 154 Å². The molecule has 0 amide bonds. The number of ether oxygens (including phenoxy) is 2. The zero-order chi connectivity index (χ0) is 22.5. The van der Waals surface area contributed by atoms with E-state index in [9.17, 15) is 9.59 Å². The van der Waals surface area contributed by atoms with Crippen LogP contribution in [0.25, 0.3) is 11.0 Å². The second-order valence-corrected chi connectivity index (χ2v) is 7.63. The molecule has 0 spiro atoms. The summed E-state index contributed by atoms with van der Waals surface area (Å²) in [5, 5.41) is 15.2. The molecule has 0 saturated heterocycles. The van der Waals surface area contributed by atoms with Gasteiger partial charge in [0.05, 0.1) is 18.4 Å². The molecule has 3 N–H and O–H groups in total. The highest BCUT2D eigenvalue weighted by atomic mass is 32.2. The van der Waals surface area contributed by atoms with Gasteiger partial charge in [0.1, 0.15) is 23.6 Å². The van der Waals surface area contributed by atoms with Crippen molar-refractivity contribution in [1.82, 2.24) is 10.3 Å². The molecule has 2 heterocycles. The smallest absolute Gasteiger partial charge is 0.336 e. The second-order valence-electron chi connectivity index (χ2n) is 6.61. The number of nitrogens with one attached hydrogen (secondary N) is 1. The SMILES string of the molecule is C=CCOC(=O)C1=C(CSC(=N)N)N=C(C)C(C(=O)OC)C1c1cccc2nonc12. The van der Waals surface area contributed by atoms with Gasteiger partial charge in [0.25, 0.3) is 0 Å². The third-order valence-electron chi connectivity index (χ3n) is 4.74. The number of carbonyl (C=O) groups excluding carboxylic acids is 2. The molecule has 31 heavy (non-hydrogen) atoms. The van der Waals surface area contributed by atoms with Crippen LogP contribution >= 0.6 is 11.8 Å². The Balaban J connectivity index is 2.26. The van der Waals surface area contributed by atoms with Crippen molar-refractivity contribution in [2.45, 2.75) is 12.8 Å². The van der Waals surface area contributed by atoms with Crippen LogP contribution in [0, 0.1) is 11.3 Å². The van der Waals surface area contributed by atoms with Crippen molar-refractivity contribution in [3.05, 3.63) is 47.7 Å². The highest BCUT2D eigenvalue weighted by Crippen LogP contribution is 2.42. The van der Waals surface area contributed by atoms with Gasteiger partial charge in [0, 0.05) is 17.4 Å². The molecular formula is C20H21N5O5S. The molecule has 0 aliphatic carbocycles. The number of rotatable bonds is 7. The lowest BCUT2D eigenvalue weighted by molar-refractivity contribution is -0.143. The molecule has 1 aromatic carbocycles. The molecule has 11 heteroatoms. The van der Waals surface area contributed by atoms with Crippen molar-refractivity contribution >= 4 is 45.6 Å². The molecule has 2 unspecified atom stereocenters. The predicted molar refractivity (Wildman–Crippen MR) is 116 cm³/mol. The number of fused-ring (bicyclic) bond motifs is 1. The van der Waals surface area contributed by atoms with Crippen LogP contribution < -0.4 is 5.73 Å². The zero-order valence-corrected chi connectivity index (χ0v) is 17.8. The van der Waals surface area contributed by atoms with Gasteiger partial charge in [0.2, 0.25) is 0 Å². The Labute approximate surface area is 182 Å². The van der Waals surface area contributed by atoms with Crippen LogP contribution in [-0.4, -0.2) is 52.6 Å². The minimum absolute atomic E-state index is 0.0243. The van der Waals surface area contributed by atoms with E-state index in [1.165, 1.54) is 13.2 Å². The van der Waals surface area contributed by atoms with E-state index in [0.717, 1.165) is 11.8 Å². The second kappa shape index (κ2) is 9.56. The van der Waals surface area contributed by atoms with Gasteiger partial charge in [-0.1, -0.05) is 36.5 Å². The summed E-state index contributed by atoms with van der Waals surface area (Å²) >= 11 is 1.01. The number of aliphatic imine (C=N–C) groups is 1. The highest BCUT2D eigenvalue weighted by molar-refractivity contribution is 8.13. The molecule has 0 bridgehead atoms. The Morgan fingerprint density at radius 3 is 2.84 bits per heavy atom. The first-order chi connectivity index (χ1) is 14.9. The Hall–Kier alpha value is -3.47. The van der Waals surface area contributed by atoms with Crippen LogP contribution in [0.15, 0.2) is 51.7 Å². The minimum atomic E-state index is -0.898. The summed E-state index contributed by atoms with van der Waals surface area (Å²) < 4.78 is 15.2. The first kappa shape index (κ1) is 22.2. The lowest BCUT2D eigenvalue weighted by atomic mass is 9.75. The Morgan fingerprint density at radius 1 is 1.39 bits per heavy atom. The molecule has 3 rings (SSSR count). The molecule has 1 aliphatic rings. The molecule has 162 valence electrons. The Bertz CT molecular complexity index is 1110. The van der Waals surface area contributed by atoms with Gasteiger partial charge in [-0.05, 0) is 28.9 Å². The highest BCUT2D eigenvalue weighted by Gasteiger charge is 2.44. The van der Waals surface area contributed by atoms with Gasteiger partial charge < -0.3 is 15.2 Å². The van der Waals surface area contributed by atoms with Crippen molar-refractivity contribution in [1.29, 1.82) is 5.41 Å². The van der Waals surface area contributed by atoms with E-state index >= 15 is 0 Å². The molecule has 0 saturated carbocycles. The van der Waals surface area contributed by atoms with Crippen molar-refractivity contribution < 1.29 is 23.7 Å². The number of amidine groups is 1. The summed E-state index contributed by atoms with van der Waals surface area (Å²) in [5.41, 5.74) is 7.87. The van der Waals surface area contributed by atoms with E-state index in [1.54, 1.807) is 25.1 Å². The largest absolute Gasteiger partial charge is 0.468 e. The normalized spacial score (nSPS) is 18.5. The zero-order valence-electron chi connectivity index (χ0n) is 17.0. The molecule has 1 aromatic heterocycles. The van der Waals surface area contributed by atoms with Crippen LogP contribution in [0.5, 0.6) is 0 Å². The first-order valence-corrected chi connectivity index (χ1v) is 10.2. The summed E-state index contributed by atoms with van der Waals surface area (Å²) in [6, 6.07) is 5.18. The Kier molecular flexibility index (Phi) is 6.85. The van der Waals surface area contributed by atoms with E-state index in [1.807, 2.05) is 0 Å². The van der Waals surface area contributed by atoms with E-state index in [2.05, 4.69) is 21.9 Å². The van der Waals surface area contributed by atoms with Crippen LogP contribution in [-0.2, 0) is 19.1 Å². The average Bonchev–Trinajstić information content (AvgIpc) is 3.24. The standard InChI is InChI=1S/C20H21N5O5S/c1-4-8-29-19(27)16-13(9-31-20(21)22)23-10(2)14(18(26)28-3)15(16)11-6-5-7-12-17(11)25-30-24-12/h4-7,14-15H,1,8-9H2,2-3H3,(H3,21,22). The molecule has 0 radical (unpaired) electrons. The number of esters is 2. The number of carbonyl (C=O) groups is 2. The van der Waals surface area contributed by atoms with Crippen LogP contribution in [0.1, 0.15) is 18.4 Å². The maximum Gasteiger partial charge on any atom is 0.336 e. The number of methoxy groups -OCH3 is 1. The van der Waals surface area contributed by atoms with Crippen molar-refractivity contribution in [3.8, 4) is 0 Å². The summed E-state index contributed by atoms with van der Waals surface area (Å²) in [4.78, 5) is 30.4. The van der Waals surface area contributed by atoms with Gasteiger partial charge in [-0.2, -0.15) is 0 Å². The van der Waals surface area contributed by atoms with Crippen molar-refractivity contribution in [2.75, 3.05) is 19.5 Å². The third-order valence-corrected chi connectivity index (χ3v) is 5.47. The number of hydrogen-bond donors (Lipinski definition) is 2. The van der Waals surface area contributed by atoms with E-state index < -0.39 is 23.8 Å². The van der Waals surface area contributed by atoms with Gasteiger partial charge in [-0.3, -0.25) is 15.2 Å². The summed E-state index contributed by atoms with van der Waals surface area (Å²) in [7, 11) is 1.27. The molecule has 10 nitrogen and oxygen atoms in total. The number of nitrogens with two attached hydrogens (primary N) is 1. The Morgan fingerprint density at radius 2 is 2.16 bits per heavy atom. The van der Waals surface area contributed by atoms with Gasteiger partial charge in [-0.25, -0.2) is 9.42 Å². The maximum absolute atomic E-state index is 13.1. The summed E-state index contributed by atoms with van der Waals surface area (Å²) in [6.45, 7) is 5.22. The summed E-state index contributed by atoms with van der Waals surface area (Å²) in [5.74, 6) is -2.80. The fraction of sp³-hybridized carbons (Fsp3) is 0.300. The number of aromatic nitrogens is 2. The quantitative estimate of drug-likeness (QED) is 0.283. The van der Waals surface area contributed by atoms with Crippen LogP contribution in [0.4, 0.5) is 0 Å². The van der Waals surface area contributed by atoms with Gasteiger partial charge >= 0.3 is 11.9 Å². The number of nitrogens with zero attached hydrogens (tertiary/aromatic N) is 3. The van der Waals surface area contributed by atoms with E-state index in [4.69, 9.17) is 25.2 Å². The lowest BCUT2D eigenvalue weighted by Crippen LogP contribution is -2.37. The monoisotopic (exact) mass is 443 g/mol. The maximum atomic E-state index is 13.1. The van der Waals surface area contributed by atoms with Gasteiger partial charge in [-0.15, -0.1) is 0 Å². The number of thioether (sulfide) groups is 1. The predicted octanol–water partition coefficient (Wildman–Crippen LogP) is 2.18. The van der Waals surface area contributed by atoms with Crippen LogP contribution in [0.2, 0.25) is 0 Å². The van der Waals surface area contributed by atoms with Crippen molar-refractivity contribution in [3.63, 3.8) is 0 Å². The number of benzene rings is 1. The van der Waals surface area contributed by atoms with Crippen molar-refractivity contribution in [2.24, 2.45) is 16.6 Å². The molecule has 2 aromatic rings. The molecular weight excluding hydrogens is 422 g/mol. The molecule has 0 fully saturated rings. The van der Waals surface area contributed by atoms with Gasteiger partial charge in [0.15, 0.2) is 5.17 Å². The number of hydrogen-bond acceptors (Lipinski definition) is 10. The fourth-order valence-corrected chi connectivity index (χ4v) is 4.00. The van der Waals surface area contributed by atoms with E-state index in [0.29, 0.717) is 28.0 Å². The summed E-state index contributed by atoms with van der Waals surface area (Å²) in [6.07, 6.45) is 1.44. The third kappa shape index (κ3) is 4.50. The lowest BCUT2D eigenvalue weighted by Gasteiger charge is -2.31. The van der Waals surface area contributed by atoms with Crippen LogP contribution in [0.3, 0.4) is 0 Å². The molecule has 2 atom stereocenters. The van der Waals surface area contributed by atoms with E-state index in [-0.39, 0.29) is 23.1 Å². The fourth-order valence-electron chi connectivity index (χ4n) is 3.49. The first-order valence-electron chi connectivity index (χ1n) is 9.21. The average molecular weight is 443 g/mol.